The summed E-state index contributed by atoms with van der Waals surface area (Å²) in [6.07, 6.45) is 3.20. The second kappa shape index (κ2) is 7.22. The fourth-order valence-electron chi connectivity index (χ4n) is 3.08. The minimum Gasteiger partial charge on any atom is -0.467 e. The molecule has 1 N–H and O–H groups in total. The number of anilines is 1. The number of carbonyl (C=O) groups is 2. The Hall–Kier alpha value is -3.07. The first kappa shape index (κ1) is 16.8. The number of carbonyl (C=O) groups excluding carboxylic acids is 2. The second-order valence-electron chi connectivity index (χ2n) is 6.30. The van der Waals surface area contributed by atoms with Gasteiger partial charge in [-0.2, -0.15) is 5.26 Å². The number of furan rings is 1. The number of hydrogen-bond donors (Lipinski definition) is 1. The van der Waals surface area contributed by atoms with E-state index in [-0.39, 0.29) is 6.04 Å². The molecule has 2 heterocycles. The highest BCUT2D eigenvalue weighted by molar-refractivity contribution is 6.39. The van der Waals surface area contributed by atoms with Crippen LogP contribution in [0.2, 0.25) is 0 Å². The lowest BCUT2D eigenvalue weighted by Crippen LogP contribution is -2.45. The summed E-state index contributed by atoms with van der Waals surface area (Å²) in [5.41, 5.74) is 0.976. The predicted octanol–water partition coefficient (Wildman–Crippen LogP) is 3.09. The topological polar surface area (TPSA) is 86.3 Å². The van der Waals surface area contributed by atoms with Crippen molar-refractivity contribution < 1.29 is 14.0 Å². The molecule has 2 atom stereocenters. The normalized spacial score (nSPS) is 19.9. The molecule has 0 saturated carbocycles. The Labute approximate surface area is 146 Å². The van der Waals surface area contributed by atoms with Gasteiger partial charge < -0.3 is 14.6 Å². The zero-order valence-corrected chi connectivity index (χ0v) is 13.9. The molecule has 128 valence electrons. The average Bonchev–Trinajstić information content (AvgIpc) is 3.16. The summed E-state index contributed by atoms with van der Waals surface area (Å²) in [6.45, 7) is 2.65. The van der Waals surface area contributed by atoms with Gasteiger partial charge >= 0.3 is 11.8 Å². The number of amides is 2. The smallest absolute Gasteiger partial charge is 0.313 e. The van der Waals surface area contributed by atoms with Crippen LogP contribution in [0.25, 0.3) is 0 Å². The van der Waals surface area contributed by atoms with Crippen molar-refractivity contribution in [3.63, 3.8) is 0 Å². The van der Waals surface area contributed by atoms with E-state index in [0.29, 0.717) is 29.5 Å². The first-order valence-electron chi connectivity index (χ1n) is 8.24. The van der Waals surface area contributed by atoms with Crippen molar-refractivity contribution in [3.8, 4) is 6.07 Å². The minimum atomic E-state index is -0.684. The van der Waals surface area contributed by atoms with Crippen LogP contribution in [0.4, 0.5) is 5.69 Å². The van der Waals surface area contributed by atoms with Crippen LogP contribution in [-0.4, -0.2) is 23.3 Å². The average molecular weight is 337 g/mol. The molecule has 0 aliphatic carbocycles. The van der Waals surface area contributed by atoms with Gasteiger partial charge in [0.25, 0.3) is 0 Å². The molecule has 0 spiro atoms. The fraction of sp³-hybridized carbons (Fsp3) is 0.316. The molecule has 3 rings (SSSR count). The Bertz CT molecular complexity index is 790. The van der Waals surface area contributed by atoms with Crippen molar-refractivity contribution in [2.75, 3.05) is 11.9 Å². The molecule has 6 heteroatoms. The van der Waals surface area contributed by atoms with E-state index in [1.807, 2.05) is 12.1 Å². The molecule has 2 aromatic rings. The molecule has 1 aromatic heterocycles. The van der Waals surface area contributed by atoms with Crippen molar-refractivity contribution in [2.45, 2.75) is 25.8 Å². The Morgan fingerprint density at radius 3 is 2.68 bits per heavy atom. The van der Waals surface area contributed by atoms with E-state index >= 15 is 0 Å². The van der Waals surface area contributed by atoms with E-state index in [2.05, 4.69) is 12.2 Å². The first-order valence-corrected chi connectivity index (χ1v) is 8.24. The van der Waals surface area contributed by atoms with Crippen molar-refractivity contribution >= 4 is 17.5 Å². The quantitative estimate of drug-likeness (QED) is 0.853. The number of nitrogens with one attached hydrogen (secondary N) is 1. The highest BCUT2D eigenvalue weighted by atomic mass is 16.3. The van der Waals surface area contributed by atoms with Gasteiger partial charge in [-0.15, -0.1) is 0 Å². The van der Waals surface area contributed by atoms with Gasteiger partial charge in [-0.3, -0.25) is 9.59 Å². The van der Waals surface area contributed by atoms with Crippen LogP contribution in [0.1, 0.15) is 37.1 Å². The van der Waals surface area contributed by atoms with Crippen molar-refractivity contribution in [1.29, 1.82) is 5.26 Å². The van der Waals surface area contributed by atoms with E-state index in [1.165, 1.54) is 0 Å². The highest BCUT2D eigenvalue weighted by Gasteiger charge is 2.35. The highest BCUT2D eigenvalue weighted by Crippen LogP contribution is 2.34. The Kier molecular flexibility index (Phi) is 4.85. The number of piperidine rings is 1. The van der Waals surface area contributed by atoms with Gasteiger partial charge in [0, 0.05) is 12.2 Å². The van der Waals surface area contributed by atoms with Crippen LogP contribution in [0, 0.1) is 17.2 Å². The number of nitrogens with zero attached hydrogens (tertiary/aromatic N) is 2. The molecule has 0 unspecified atom stereocenters. The van der Waals surface area contributed by atoms with Crippen LogP contribution in [0.5, 0.6) is 0 Å². The maximum absolute atomic E-state index is 12.7. The Morgan fingerprint density at radius 1 is 1.28 bits per heavy atom. The van der Waals surface area contributed by atoms with Crippen molar-refractivity contribution in [2.24, 2.45) is 5.92 Å². The summed E-state index contributed by atoms with van der Waals surface area (Å²) in [5, 5.41) is 11.4. The molecule has 1 fully saturated rings. The summed E-state index contributed by atoms with van der Waals surface area (Å²) < 4.78 is 5.47. The maximum atomic E-state index is 12.7. The van der Waals surface area contributed by atoms with Gasteiger partial charge in [0.05, 0.1) is 23.9 Å². The summed E-state index contributed by atoms with van der Waals surface area (Å²) in [4.78, 5) is 26.6. The summed E-state index contributed by atoms with van der Waals surface area (Å²) >= 11 is 0. The van der Waals surface area contributed by atoms with Gasteiger partial charge in [0.1, 0.15) is 5.76 Å². The molecule has 6 nitrogen and oxygen atoms in total. The lowest BCUT2D eigenvalue weighted by molar-refractivity contribution is -0.146. The summed E-state index contributed by atoms with van der Waals surface area (Å²) in [7, 11) is 0. The van der Waals surface area contributed by atoms with Gasteiger partial charge in [-0.25, -0.2) is 0 Å². The number of hydrogen-bond acceptors (Lipinski definition) is 4. The number of nitriles is 1. The minimum absolute atomic E-state index is 0.224. The molecular weight excluding hydrogens is 318 g/mol. The Balaban J connectivity index is 1.73. The van der Waals surface area contributed by atoms with Crippen LogP contribution >= 0.6 is 0 Å². The molecule has 0 radical (unpaired) electrons. The van der Waals surface area contributed by atoms with E-state index in [1.54, 1.807) is 41.5 Å². The zero-order chi connectivity index (χ0) is 17.8. The molecular formula is C19H19N3O3. The second-order valence-corrected chi connectivity index (χ2v) is 6.30. The van der Waals surface area contributed by atoms with Crippen LogP contribution in [0.3, 0.4) is 0 Å². The molecule has 1 aromatic carbocycles. The van der Waals surface area contributed by atoms with Gasteiger partial charge in [-0.05, 0) is 55.2 Å². The van der Waals surface area contributed by atoms with E-state index < -0.39 is 11.8 Å². The molecule has 1 saturated heterocycles. The van der Waals surface area contributed by atoms with Crippen LogP contribution in [-0.2, 0) is 9.59 Å². The fourth-order valence-corrected chi connectivity index (χ4v) is 3.08. The van der Waals surface area contributed by atoms with Gasteiger partial charge in [0.2, 0.25) is 0 Å². The number of likely N-dealkylation sites (tertiary alicyclic amines) is 1. The van der Waals surface area contributed by atoms with Gasteiger partial charge in [0.15, 0.2) is 0 Å². The molecule has 0 bridgehead atoms. The SMILES string of the molecule is C[C@H]1CCN(C(=O)C(=O)Nc2ccc(C#N)cc2)[C@@H](c2ccco2)C1. The third-order valence-corrected chi connectivity index (χ3v) is 4.46. The van der Waals surface area contributed by atoms with Crippen LogP contribution in [0.15, 0.2) is 47.1 Å². The number of benzene rings is 1. The molecule has 2 amide bonds. The van der Waals surface area contributed by atoms with Gasteiger partial charge in [-0.1, -0.05) is 6.92 Å². The summed E-state index contributed by atoms with van der Waals surface area (Å²) in [5.74, 6) is -0.0970. The van der Waals surface area contributed by atoms with E-state index in [0.717, 1.165) is 12.8 Å². The Morgan fingerprint density at radius 2 is 2.04 bits per heavy atom. The third-order valence-electron chi connectivity index (χ3n) is 4.46. The first-order chi connectivity index (χ1) is 12.1. The molecule has 1 aliphatic rings. The van der Waals surface area contributed by atoms with Crippen LogP contribution < -0.4 is 5.32 Å². The monoisotopic (exact) mass is 337 g/mol. The lowest BCUT2D eigenvalue weighted by atomic mass is 9.91. The lowest BCUT2D eigenvalue weighted by Gasteiger charge is -2.36. The molecule has 1 aliphatic heterocycles. The van der Waals surface area contributed by atoms with E-state index in [4.69, 9.17) is 9.68 Å². The summed E-state index contributed by atoms with van der Waals surface area (Å²) in [6, 6.07) is 11.8. The number of rotatable bonds is 2. The van der Waals surface area contributed by atoms with Crippen molar-refractivity contribution in [3.05, 3.63) is 54.0 Å². The van der Waals surface area contributed by atoms with E-state index in [9.17, 15) is 9.59 Å². The standard InChI is InChI=1S/C19H19N3O3/c1-13-8-9-22(16(11-13)17-3-2-10-25-17)19(24)18(23)21-15-6-4-14(12-20)5-7-15/h2-7,10,13,16H,8-9,11H2,1H3,(H,21,23)/t13-,16+/m0/s1. The third kappa shape index (κ3) is 3.72. The van der Waals surface area contributed by atoms with Crippen molar-refractivity contribution in [1.82, 2.24) is 4.90 Å². The largest absolute Gasteiger partial charge is 0.467 e. The maximum Gasteiger partial charge on any atom is 0.313 e. The zero-order valence-electron chi connectivity index (χ0n) is 13.9. The predicted molar refractivity (Wildman–Crippen MR) is 91.3 cm³/mol. The molecule has 25 heavy (non-hydrogen) atoms.